The lowest BCUT2D eigenvalue weighted by Crippen LogP contribution is -2.24. The lowest BCUT2D eigenvalue weighted by atomic mass is 10.2. The molecule has 0 unspecified atom stereocenters. The lowest BCUT2D eigenvalue weighted by molar-refractivity contribution is 0.593. The normalized spacial score (nSPS) is 16.5. The highest BCUT2D eigenvalue weighted by molar-refractivity contribution is 7.89. The molecule has 30 heavy (non-hydrogen) atoms. The Hall–Kier alpha value is -3.36. The Bertz CT molecular complexity index is 1160. The maximum absolute atomic E-state index is 14.9. The zero-order valence-electron chi connectivity index (χ0n) is 15.6. The van der Waals surface area contributed by atoms with E-state index in [1.165, 1.54) is 30.6 Å². The number of hydrogen-bond acceptors (Lipinski definition) is 10. The van der Waals surface area contributed by atoms with Crippen molar-refractivity contribution in [3.05, 3.63) is 36.4 Å². The number of anilines is 4. The van der Waals surface area contributed by atoms with Crippen LogP contribution in [-0.4, -0.2) is 52.3 Å². The van der Waals surface area contributed by atoms with E-state index in [0.29, 0.717) is 12.2 Å². The highest BCUT2D eigenvalue weighted by Crippen LogP contribution is 2.22. The number of aromatic nitrogens is 5. The molecule has 3 aromatic rings. The van der Waals surface area contributed by atoms with Gasteiger partial charge in [0.15, 0.2) is 11.6 Å². The Labute approximate surface area is 171 Å². The fourth-order valence-electron chi connectivity index (χ4n) is 2.97. The topological polar surface area (TPSA) is 179 Å². The van der Waals surface area contributed by atoms with E-state index >= 15 is 0 Å². The minimum absolute atomic E-state index is 0.0356. The summed E-state index contributed by atoms with van der Waals surface area (Å²) >= 11 is 0. The van der Waals surface area contributed by atoms with Crippen LogP contribution in [0.4, 0.5) is 27.8 Å². The van der Waals surface area contributed by atoms with Crippen molar-refractivity contribution in [1.82, 2.24) is 30.0 Å². The van der Waals surface area contributed by atoms with Crippen molar-refractivity contribution in [2.75, 3.05) is 29.5 Å². The standard InChI is InChI=1S/C16H19FN10O2S/c17-12-13(23-10-5-6-20-7-10)21-8-22-14(12)27-15(18)25-16(26-27)24-9-1-3-11(4-2-9)30(19,28)29/h1-4,8,10,20H,5-7H2,(H2,19,28,29)(H,21,22,23)(H3,18,24,25,26)/t10-/m0/s1. The van der Waals surface area contributed by atoms with Crippen LogP contribution in [0.5, 0.6) is 0 Å². The van der Waals surface area contributed by atoms with Gasteiger partial charge in [0.25, 0.3) is 0 Å². The van der Waals surface area contributed by atoms with Gasteiger partial charge in [-0.25, -0.2) is 23.5 Å². The van der Waals surface area contributed by atoms with Gasteiger partial charge in [0.2, 0.25) is 27.7 Å². The molecule has 0 saturated carbocycles. The molecule has 158 valence electrons. The molecule has 1 fully saturated rings. The molecule has 1 atom stereocenters. The lowest BCUT2D eigenvalue weighted by Gasteiger charge is -2.13. The van der Waals surface area contributed by atoms with Crippen LogP contribution in [0.15, 0.2) is 35.5 Å². The maximum atomic E-state index is 14.9. The number of nitrogen functional groups attached to an aromatic ring is 1. The summed E-state index contributed by atoms with van der Waals surface area (Å²) in [5.41, 5.74) is 6.37. The van der Waals surface area contributed by atoms with E-state index in [9.17, 15) is 12.8 Å². The molecule has 1 aliphatic heterocycles. The van der Waals surface area contributed by atoms with Crippen molar-refractivity contribution in [3.8, 4) is 5.82 Å². The third kappa shape index (κ3) is 4.14. The van der Waals surface area contributed by atoms with E-state index < -0.39 is 15.8 Å². The average Bonchev–Trinajstić information content (AvgIpc) is 3.33. The first-order valence-electron chi connectivity index (χ1n) is 8.92. The number of nitrogens with two attached hydrogens (primary N) is 2. The van der Waals surface area contributed by atoms with Crippen LogP contribution in [0.2, 0.25) is 0 Å². The summed E-state index contributed by atoms with van der Waals surface area (Å²) in [5.74, 6) is -0.823. The second-order valence-electron chi connectivity index (χ2n) is 6.59. The molecule has 14 heteroatoms. The Balaban J connectivity index is 1.57. The van der Waals surface area contributed by atoms with Crippen LogP contribution in [0.3, 0.4) is 0 Å². The molecule has 0 amide bonds. The number of benzene rings is 1. The van der Waals surface area contributed by atoms with Crippen LogP contribution < -0.4 is 26.8 Å². The van der Waals surface area contributed by atoms with E-state index in [-0.39, 0.29) is 34.5 Å². The minimum Gasteiger partial charge on any atom is -0.368 e. The number of nitrogens with zero attached hydrogens (tertiary/aromatic N) is 5. The quantitative estimate of drug-likeness (QED) is 0.353. The first kappa shape index (κ1) is 19.9. The van der Waals surface area contributed by atoms with Crippen LogP contribution in [0.1, 0.15) is 6.42 Å². The van der Waals surface area contributed by atoms with Crippen LogP contribution >= 0.6 is 0 Å². The second-order valence-corrected chi connectivity index (χ2v) is 8.16. The molecular weight excluding hydrogens is 415 g/mol. The summed E-state index contributed by atoms with van der Waals surface area (Å²) in [5, 5.41) is 18.3. The molecule has 3 heterocycles. The highest BCUT2D eigenvalue weighted by Gasteiger charge is 2.21. The predicted octanol–water partition coefficient (Wildman–Crippen LogP) is -0.0566. The second kappa shape index (κ2) is 7.81. The molecule has 2 aromatic heterocycles. The van der Waals surface area contributed by atoms with Gasteiger partial charge in [-0.2, -0.15) is 14.1 Å². The Kier molecular flexibility index (Phi) is 5.19. The summed E-state index contributed by atoms with van der Waals surface area (Å²) in [4.78, 5) is 11.9. The molecular formula is C16H19FN10O2S. The fourth-order valence-corrected chi connectivity index (χ4v) is 3.49. The van der Waals surface area contributed by atoms with Crippen LogP contribution in [-0.2, 0) is 10.0 Å². The molecule has 1 aliphatic rings. The first-order chi connectivity index (χ1) is 14.3. The summed E-state index contributed by atoms with van der Waals surface area (Å²) in [7, 11) is -3.80. The third-order valence-electron chi connectivity index (χ3n) is 4.44. The molecule has 1 saturated heterocycles. The Morgan fingerprint density at radius 1 is 1.23 bits per heavy atom. The van der Waals surface area contributed by atoms with Gasteiger partial charge in [0.05, 0.1) is 4.90 Å². The number of nitrogens with one attached hydrogen (secondary N) is 3. The molecule has 4 rings (SSSR count). The Morgan fingerprint density at radius 3 is 2.67 bits per heavy atom. The van der Waals surface area contributed by atoms with Crippen molar-refractivity contribution < 1.29 is 12.8 Å². The van der Waals surface area contributed by atoms with Crippen molar-refractivity contribution in [1.29, 1.82) is 0 Å². The van der Waals surface area contributed by atoms with Gasteiger partial charge in [-0.05, 0) is 37.2 Å². The summed E-state index contributed by atoms with van der Waals surface area (Å²) in [6.07, 6.45) is 2.06. The van der Waals surface area contributed by atoms with Crippen molar-refractivity contribution in [2.24, 2.45) is 5.14 Å². The molecule has 7 N–H and O–H groups in total. The van der Waals surface area contributed by atoms with Crippen LogP contribution in [0, 0.1) is 5.82 Å². The van der Waals surface area contributed by atoms with Gasteiger partial charge < -0.3 is 21.7 Å². The van der Waals surface area contributed by atoms with Gasteiger partial charge >= 0.3 is 0 Å². The summed E-state index contributed by atoms with van der Waals surface area (Å²) < 4.78 is 38.7. The third-order valence-corrected chi connectivity index (χ3v) is 5.37. The molecule has 0 aliphatic carbocycles. The number of rotatable bonds is 6. The molecule has 1 aromatic carbocycles. The molecule has 0 spiro atoms. The number of sulfonamides is 1. The minimum atomic E-state index is -3.80. The zero-order valence-corrected chi connectivity index (χ0v) is 16.4. The van der Waals surface area contributed by atoms with Gasteiger partial charge in [-0.3, -0.25) is 0 Å². The monoisotopic (exact) mass is 434 g/mol. The summed E-state index contributed by atoms with van der Waals surface area (Å²) in [6, 6.07) is 5.70. The Morgan fingerprint density at radius 2 is 2.00 bits per heavy atom. The van der Waals surface area contributed by atoms with Crippen LogP contribution in [0.25, 0.3) is 5.82 Å². The van der Waals surface area contributed by atoms with E-state index in [1.807, 2.05) is 0 Å². The maximum Gasteiger partial charge on any atom is 0.248 e. The van der Waals surface area contributed by atoms with Crippen molar-refractivity contribution in [3.63, 3.8) is 0 Å². The summed E-state index contributed by atoms with van der Waals surface area (Å²) in [6.45, 7) is 1.56. The highest BCUT2D eigenvalue weighted by atomic mass is 32.2. The van der Waals surface area contributed by atoms with E-state index in [0.717, 1.165) is 17.6 Å². The van der Waals surface area contributed by atoms with Gasteiger partial charge in [-0.1, -0.05) is 0 Å². The fraction of sp³-hybridized carbons (Fsp3) is 0.250. The van der Waals surface area contributed by atoms with E-state index in [4.69, 9.17) is 10.9 Å². The van der Waals surface area contributed by atoms with Gasteiger partial charge in [0.1, 0.15) is 6.33 Å². The van der Waals surface area contributed by atoms with Gasteiger partial charge in [0, 0.05) is 18.3 Å². The first-order valence-corrected chi connectivity index (χ1v) is 10.5. The number of hydrogen-bond donors (Lipinski definition) is 5. The van der Waals surface area contributed by atoms with E-state index in [1.54, 1.807) is 0 Å². The SMILES string of the molecule is Nc1nc(Nc2ccc(S(N)(=O)=O)cc2)nn1-c1ncnc(N[C@H]2CCNC2)c1F. The molecule has 12 nitrogen and oxygen atoms in total. The number of primary sulfonamides is 1. The van der Waals surface area contributed by atoms with Gasteiger partial charge in [-0.15, -0.1) is 5.10 Å². The average molecular weight is 434 g/mol. The zero-order chi connectivity index (χ0) is 21.3. The largest absolute Gasteiger partial charge is 0.368 e. The predicted molar refractivity (Wildman–Crippen MR) is 107 cm³/mol. The molecule has 0 radical (unpaired) electrons. The molecule has 0 bridgehead atoms. The number of halogens is 1. The smallest absolute Gasteiger partial charge is 0.248 e. The van der Waals surface area contributed by atoms with E-state index in [2.05, 4.69) is 36.0 Å². The van der Waals surface area contributed by atoms with Crippen molar-refractivity contribution in [2.45, 2.75) is 17.4 Å². The van der Waals surface area contributed by atoms with Crippen molar-refractivity contribution >= 4 is 33.4 Å².